The van der Waals surface area contributed by atoms with Crippen molar-refractivity contribution in [1.29, 1.82) is 0 Å². The predicted octanol–water partition coefficient (Wildman–Crippen LogP) is 3.58. The van der Waals surface area contributed by atoms with Gasteiger partial charge in [-0.2, -0.15) is 5.10 Å². The van der Waals surface area contributed by atoms with E-state index in [1.54, 1.807) is 22.1 Å². The molecular formula is C24H25N5O4S. The lowest BCUT2D eigenvalue weighted by Gasteiger charge is -2.34. The number of amides is 2. The van der Waals surface area contributed by atoms with Crippen LogP contribution in [0.15, 0.2) is 47.9 Å². The molecule has 3 N–H and O–H groups in total. The lowest BCUT2D eigenvalue weighted by atomic mass is 9.99. The molecule has 0 spiro atoms. The molecule has 1 saturated heterocycles. The van der Waals surface area contributed by atoms with Crippen LogP contribution in [-0.2, 0) is 9.59 Å². The van der Waals surface area contributed by atoms with Crippen LogP contribution in [0.3, 0.4) is 0 Å². The maximum absolute atomic E-state index is 12.8. The van der Waals surface area contributed by atoms with E-state index in [1.165, 1.54) is 6.08 Å². The SMILES string of the molecule is CC(C)C1CC(=O)NC(n2nc(-c3cccs3)cc2NC(=O)/C=C\c2ccc3c(c2)OCO3)N1. The van der Waals surface area contributed by atoms with E-state index in [0.717, 1.165) is 10.4 Å². The van der Waals surface area contributed by atoms with Gasteiger partial charge in [0.25, 0.3) is 0 Å². The van der Waals surface area contributed by atoms with Gasteiger partial charge in [-0.05, 0) is 41.1 Å². The smallest absolute Gasteiger partial charge is 0.249 e. The van der Waals surface area contributed by atoms with Crippen molar-refractivity contribution >= 4 is 35.0 Å². The fraction of sp³-hybridized carbons (Fsp3) is 0.292. The number of ether oxygens (including phenoxy) is 2. The van der Waals surface area contributed by atoms with Crippen molar-refractivity contribution in [2.75, 3.05) is 12.1 Å². The zero-order valence-electron chi connectivity index (χ0n) is 18.8. The molecule has 2 aliphatic heterocycles. The molecule has 2 unspecified atom stereocenters. The number of hydrogen-bond acceptors (Lipinski definition) is 7. The number of thiophene rings is 1. The number of aromatic nitrogens is 2. The Balaban J connectivity index is 1.38. The van der Waals surface area contributed by atoms with E-state index in [-0.39, 0.29) is 30.6 Å². The first-order valence-corrected chi connectivity index (χ1v) is 11.9. The molecule has 34 heavy (non-hydrogen) atoms. The topological polar surface area (TPSA) is 107 Å². The summed E-state index contributed by atoms with van der Waals surface area (Å²) in [5.74, 6) is 1.71. The molecule has 5 rings (SSSR count). The Labute approximate surface area is 200 Å². The van der Waals surface area contributed by atoms with Gasteiger partial charge < -0.3 is 20.1 Å². The third kappa shape index (κ3) is 4.68. The maximum atomic E-state index is 12.8. The van der Waals surface area contributed by atoms with E-state index < -0.39 is 6.29 Å². The van der Waals surface area contributed by atoms with Crippen molar-refractivity contribution in [1.82, 2.24) is 20.4 Å². The van der Waals surface area contributed by atoms with Gasteiger partial charge in [-0.15, -0.1) is 11.3 Å². The molecule has 176 valence electrons. The average molecular weight is 480 g/mol. The zero-order chi connectivity index (χ0) is 23.7. The highest BCUT2D eigenvalue weighted by atomic mass is 32.1. The minimum atomic E-state index is -0.574. The Hall–Kier alpha value is -3.63. The molecule has 10 heteroatoms. The Morgan fingerprint density at radius 1 is 1.26 bits per heavy atom. The van der Waals surface area contributed by atoms with Gasteiger partial charge >= 0.3 is 0 Å². The summed E-state index contributed by atoms with van der Waals surface area (Å²) in [5.41, 5.74) is 1.53. The van der Waals surface area contributed by atoms with E-state index >= 15 is 0 Å². The van der Waals surface area contributed by atoms with Crippen LogP contribution in [-0.4, -0.2) is 34.4 Å². The maximum Gasteiger partial charge on any atom is 0.249 e. The standard InChI is InChI=1S/C24H25N5O4S/c1-14(2)16-12-23(31)27-24(25-16)29-21(11-17(28-29)20-4-3-9-34-20)26-22(30)8-6-15-5-7-18-19(10-15)33-13-32-18/h3-11,14,16,24-25H,12-13H2,1-2H3,(H,26,30)(H,27,31)/b8-6-. The fourth-order valence-electron chi connectivity index (χ4n) is 3.86. The summed E-state index contributed by atoms with van der Waals surface area (Å²) in [4.78, 5) is 26.1. The highest BCUT2D eigenvalue weighted by Gasteiger charge is 2.31. The molecular weight excluding hydrogens is 454 g/mol. The van der Waals surface area contributed by atoms with Gasteiger partial charge in [-0.1, -0.05) is 26.0 Å². The second-order valence-electron chi connectivity index (χ2n) is 8.46. The van der Waals surface area contributed by atoms with Crippen LogP contribution in [0.4, 0.5) is 5.82 Å². The molecule has 2 aliphatic rings. The number of anilines is 1. The van der Waals surface area contributed by atoms with Crippen LogP contribution < -0.4 is 25.4 Å². The summed E-state index contributed by atoms with van der Waals surface area (Å²) >= 11 is 1.55. The first kappa shape index (κ1) is 22.2. The number of nitrogens with one attached hydrogen (secondary N) is 3. The van der Waals surface area contributed by atoms with Gasteiger partial charge in [0.2, 0.25) is 18.6 Å². The summed E-state index contributed by atoms with van der Waals surface area (Å²) in [6.45, 7) is 4.33. The van der Waals surface area contributed by atoms with E-state index in [0.29, 0.717) is 29.4 Å². The van der Waals surface area contributed by atoms with Crippen molar-refractivity contribution < 1.29 is 19.1 Å². The summed E-state index contributed by atoms with van der Waals surface area (Å²) in [6, 6.07) is 11.2. The van der Waals surface area contributed by atoms with E-state index in [2.05, 4.69) is 29.8 Å². The van der Waals surface area contributed by atoms with Crippen LogP contribution in [0, 0.1) is 5.92 Å². The van der Waals surface area contributed by atoms with Crippen LogP contribution in [0.25, 0.3) is 16.6 Å². The molecule has 1 aromatic carbocycles. The van der Waals surface area contributed by atoms with Gasteiger partial charge in [-0.3, -0.25) is 14.9 Å². The number of fused-ring (bicyclic) bond motifs is 1. The molecule has 2 amide bonds. The lowest BCUT2D eigenvalue weighted by molar-refractivity contribution is -0.126. The molecule has 0 aliphatic carbocycles. The summed E-state index contributed by atoms with van der Waals surface area (Å²) in [5, 5.41) is 15.9. The molecule has 1 fully saturated rings. The minimum Gasteiger partial charge on any atom is -0.454 e. The van der Waals surface area contributed by atoms with Gasteiger partial charge in [0.1, 0.15) is 11.5 Å². The molecule has 2 aromatic heterocycles. The minimum absolute atomic E-state index is 0.00240. The summed E-state index contributed by atoms with van der Waals surface area (Å²) in [7, 11) is 0. The first-order valence-electron chi connectivity index (χ1n) is 11.0. The zero-order valence-corrected chi connectivity index (χ0v) is 19.6. The molecule has 4 heterocycles. The van der Waals surface area contributed by atoms with Crippen molar-refractivity contribution in [3.8, 4) is 22.1 Å². The number of carbonyl (C=O) groups is 2. The molecule has 0 radical (unpaired) electrons. The second-order valence-corrected chi connectivity index (χ2v) is 9.41. The predicted molar refractivity (Wildman–Crippen MR) is 129 cm³/mol. The fourth-order valence-corrected chi connectivity index (χ4v) is 4.54. The molecule has 3 aromatic rings. The van der Waals surface area contributed by atoms with Gasteiger partial charge in [-0.25, -0.2) is 4.68 Å². The Morgan fingerprint density at radius 2 is 2.12 bits per heavy atom. The normalized spacial score (nSPS) is 19.6. The number of nitrogens with zero attached hydrogens (tertiary/aromatic N) is 2. The first-order chi connectivity index (χ1) is 16.5. The third-order valence-corrected chi connectivity index (χ3v) is 6.60. The third-order valence-electron chi connectivity index (χ3n) is 5.71. The van der Waals surface area contributed by atoms with Crippen LogP contribution >= 0.6 is 11.3 Å². The molecule has 2 atom stereocenters. The van der Waals surface area contributed by atoms with Crippen LogP contribution in [0.5, 0.6) is 11.5 Å². The molecule has 0 saturated carbocycles. The number of carbonyl (C=O) groups excluding carboxylic acids is 2. The van der Waals surface area contributed by atoms with Gasteiger partial charge in [0, 0.05) is 24.6 Å². The monoisotopic (exact) mass is 479 g/mol. The van der Waals surface area contributed by atoms with Gasteiger partial charge in [0.15, 0.2) is 17.8 Å². The van der Waals surface area contributed by atoms with E-state index in [9.17, 15) is 9.59 Å². The number of hydrogen-bond donors (Lipinski definition) is 3. The molecule has 0 bridgehead atoms. The summed E-state index contributed by atoms with van der Waals surface area (Å²) in [6.07, 6.45) is 2.97. The van der Waals surface area contributed by atoms with E-state index in [4.69, 9.17) is 14.6 Å². The summed E-state index contributed by atoms with van der Waals surface area (Å²) < 4.78 is 12.3. The Bertz CT molecular complexity index is 1230. The molecule has 9 nitrogen and oxygen atoms in total. The highest BCUT2D eigenvalue weighted by Crippen LogP contribution is 2.33. The van der Waals surface area contributed by atoms with Crippen molar-refractivity contribution in [2.45, 2.75) is 32.6 Å². The largest absolute Gasteiger partial charge is 0.454 e. The second kappa shape index (κ2) is 9.32. The van der Waals surface area contributed by atoms with E-state index in [1.807, 2.05) is 41.8 Å². The van der Waals surface area contributed by atoms with Crippen molar-refractivity contribution in [2.24, 2.45) is 5.92 Å². The average Bonchev–Trinajstić information content (AvgIpc) is 3.57. The Morgan fingerprint density at radius 3 is 2.91 bits per heavy atom. The number of rotatable bonds is 6. The lowest BCUT2D eigenvalue weighted by Crippen LogP contribution is -2.55. The van der Waals surface area contributed by atoms with Crippen LogP contribution in [0.1, 0.15) is 32.1 Å². The Kier molecular flexibility index (Phi) is 6.08. The van der Waals surface area contributed by atoms with Crippen molar-refractivity contribution in [3.05, 3.63) is 53.4 Å². The van der Waals surface area contributed by atoms with Crippen molar-refractivity contribution in [3.63, 3.8) is 0 Å². The quantitative estimate of drug-likeness (QED) is 0.467. The number of benzene rings is 1. The highest BCUT2D eigenvalue weighted by molar-refractivity contribution is 7.13. The van der Waals surface area contributed by atoms with Gasteiger partial charge in [0.05, 0.1) is 4.88 Å². The van der Waals surface area contributed by atoms with Crippen LogP contribution in [0.2, 0.25) is 0 Å².